The van der Waals surface area contributed by atoms with Gasteiger partial charge in [0.1, 0.15) is 0 Å². The van der Waals surface area contributed by atoms with Gasteiger partial charge in [0.05, 0.1) is 12.2 Å². The molecule has 2 fully saturated rings. The normalized spacial score (nSPS) is 40.6. The highest BCUT2D eigenvalue weighted by molar-refractivity contribution is 4.86. The van der Waals surface area contributed by atoms with Crippen molar-refractivity contribution >= 4 is 0 Å². The summed E-state index contributed by atoms with van der Waals surface area (Å²) in [6, 6.07) is 0.664. The van der Waals surface area contributed by atoms with Gasteiger partial charge in [-0.25, -0.2) is 0 Å². The van der Waals surface area contributed by atoms with E-state index >= 15 is 0 Å². The molecule has 88 valence electrons. The van der Waals surface area contributed by atoms with Gasteiger partial charge in [0.15, 0.2) is 0 Å². The molecule has 15 heavy (non-hydrogen) atoms. The van der Waals surface area contributed by atoms with Crippen LogP contribution in [0.15, 0.2) is 0 Å². The van der Waals surface area contributed by atoms with E-state index in [1.165, 1.54) is 0 Å². The van der Waals surface area contributed by atoms with E-state index < -0.39 is 0 Å². The number of aliphatic hydroxyl groups is 2. The molecule has 1 saturated heterocycles. The van der Waals surface area contributed by atoms with Crippen molar-refractivity contribution in [2.75, 3.05) is 13.1 Å². The minimum absolute atomic E-state index is 0.0589. The molecule has 2 atom stereocenters. The zero-order valence-electron chi connectivity index (χ0n) is 9.60. The summed E-state index contributed by atoms with van der Waals surface area (Å²) in [6.07, 6.45) is 5.10. The predicted molar refractivity (Wildman–Crippen MR) is 59.6 cm³/mol. The zero-order chi connectivity index (χ0) is 10.8. The minimum Gasteiger partial charge on any atom is -0.393 e. The van der Waals surface area contributed by atoms with Crippen LogP contribution < -0.4 is 0 Å². The molecule has 0 radical (unpaired) electrons. The first-order valence-electron chi connectivity index (χ1n) is 6.27. The van der Waals surface area contributed by atoms with Gasteiger partial charge in [-0.05, 0) is 51.5 Å². The van der Waals surface area contributed by atoms with Crippen LogP contribution >= 0.6 is 0 Å². The molecular weight excluding hydrogens is 190 g/mol. The minimum atomic E-state index is -0.163. The fraction of sp³-hybridized carbons (Fsp3) is 1.00. The molecule has 2 aliphatic rings. The van der Waals surface area contributed by atoms with Gasteiger partial charge in [-0.15, -0.1) is 0 Å². The van der Waals surface area contributed by atoms with Crippen LogP contribution in [-0.2, 0) is 0 Å². The topological polar surface area (TPSA) is 43.7 Å². The Morgan fingerprint density at radius 2 is 1.80 bits per heavy atom. The summed E-state index contributed by atoms with van der Waals surface area (Å²) in [4.78, 5) is 2.52. The Labute approximate surface area is 92.1 Å². The van der Waals surface area contributed by atoms with Gasteiger partial charge in [-0.1, -0.05) is 0 Å². The largest absolute Gasteiger partial charge is 0.393 e. The summed E-state index contributed by atoms with van der Waals surface area (Å²) >= 11 is 0. The molecule has 2 unspecified atom stereocenters. The van der Waals surface area contributed by atoms with Gasteiger partial charge in [0, 0.05) is 12.6 Å². The van der Waals surface area contributed by atoms with E-state index in [1.807, 2.05) is 6.92 Å². The smallest absolute Gasteiger partial charge is 0.0552 e. The Balaban J connectivity index is 1.80. The average Bonchev–Trinajstić information content (AvgIpc) is 2.68. The van der Waals surface area contributed by atoms with Crippen molar-refractivity contribution in [3.8, 4) is 0 Å². The van der Waals surface area contributed by atoms with E-state index in [1.54, 1.807) is 0 Å². The molecule has 1 saturated carbocycles. The van der Waals surface area contributed by atoms with Crippen LogP contribution in [0.3, 0.4) is 0 Å². The van der Waals surface area contributed by atoms with E-state index in [-0.39, 0.29) is 12.2 Å². The molecule has 1 heterocycles. The van der Waals surface area contributed by atoms with E-state index in [0.29, 0.717) is 12.0 Å². The van der Waals surface area contributed by atoms with Crippen LogP contribution in [-0.4, -0.2) is 46.5 Å². The Hall–Kier alpha value is -0.120. The molecule has 1 aliphatic heterocycles. The van der Waals surface area contributed by atoms with E-state index in [2.05, 4.69) is 4.90 Å². The Morgan fingerprint density at radius 1 is 1.13 bits per heavy atom. The van der Waals surface area contributed by atoms with E-state index in [9.17, 15) is 10.2 Å². The third-order valence-corrected chi connectivity index (χ3v) is 4.12. The lowest BCUT2D eigenvalue weighted by Gasteiger charge is -2.33. The van der Waals surface area contributed by atoms with Crippen LogP contribution in [0.4, 0.5) is 0 Å². The SMILES string of the molecule is CC(O)C1CCN(C2CCC(O)CC2)C1. The van der Waals surface area contributed by atoms with Gasteiger partial charge in [-0.3, -0.25) is 4.90 Å². The summed E-state index contributed by atoms with van der Waals surface area (Å²) < 4.78 is 0. The standard InChI is InChI=1S/C12H23NO2/c1-9(14)10-6-7-13(8-10)11-2-4-12(15)5-3-11/h9-12,14-15H,2-8H2,1H3. The molecule has 0 aromatic rings. The predicted octanol–water partition coefficient (Wildman–Crippen LogP) is 0.993. The lowest BCUT2D eigenvalue weighted by molar-refractivity contribution is 0.0749. The van der Waals surface area contributed by atoms with Crippen molar-refractivity contribution in [2.45, 2.75) is 57.3 Å². The first-order valence-corrected chi connectivity index (χ1v) is 6.27. The van der Waals surface area contributed by atoms with Crippen molar-refractivity contribution in [2.24, 2.45) is 5.92 Å². The second kappa shape index (κ2) is 4.81. The maximum Gasteiger partial charge on any atom is 0.0552 e. The Kier molecular flexibility index (Phi) is 3.65. The second-order valence-corrected chi connectivity index (χ2v) is 5.25. The lowest BCUT2D eigenvalue weighted by Crippen LogP contribution is -2.38. The molecule has 0 spiro atoms. The van der Waals surface area contributed by atoms with Crippen molar-refractivity contribution < 1.29 is 10.2 Å². The highest BCUT2D eigenvalue weighted by Gasteiger charge is 2.32. The number of hydrogen-bond acceptors (Lipinski definition) is 3. The van der Waals surface area contributed by atoms with Crippen LogP contribution in [0.2, 0.25) is 0 Å². The maximum atomic E-state index is 9.54. The molecule has 3 nitrogen and oxygen atoms in total. The van der Waals surface area contributed by atoms with E-state index in [0.717, 1.165) is 45.2 Å². The molecule has 0 aromatic carbocycles. The van der Waals surface area contributed by atoms with Crippen molar-refractivity contribution in [1.29, 1.82) is 0 Å². The highest BCUT2D eigenvalue weighted by atomic mass is 16.3. The summed E-state index contributed by atoms with van der Waals surface area (Å²) in [5.74, 6) is 0.469. The summed E-state index contributed by atoms with van der Waals surface area (Å²) in [7, 11) is 0. The fourth-order valence-corrected chi connectivity index (χ4v) is 2.96. The van der Waals surface area contributed by atoms with Crippen LogP contribution in [0.1, 0.15) is 39.0 Å². The molecule has 0 bridgehead atoms. The van der Waals surface area contributed by atoms with Crippen LogP contribution in [0, 0.1) is 5.92 Å². The number of nitrogens with zero attached hydrogens (tertiary/aromatic N) is 1. The first-order chi connectivity index (χ1) is 7.16. The molecule has 3 heteroatoms. The molecule has 2 rings (SSSR count). The summed E-state index contributed by atoms with van der Waals surface area (Å²) in [5, 5.41) is 19.0. The second-order valence-electron chi connectivity index (χ2n) is 5.25. The molecule has 0 amide bonds. The number of likely N-dealkylation sites (tertiary alicyclic amines) is 1. The zero-order valence-corrected chi connectivity index (χ0v) is 9.60. The van der Waals surface area contributed by atoms with Crippen molar-refractivity contribution in [1.82, 2.24) is 4.90 Å². The quantitative estimate of drug-likeness (QED) is 0.719. The van der Waals surface area contributed by atoms with Gasteiger partial charge >= 0.3 is 0 Å². The number of aliphatic hydroxyl groups excluding tert-OH is 2. The lowest BCUT2D eigenvalue weighted by atomic mass is 9.92. The van der Waals surface area contributed by atoms with Crippen molar-refractivity contribution in [3.63, 3.8) is 0 Å². The Bertz CT molecular complexity index is 200. The molecule has 0 aromatic heterocycles. The van der Waals surface area contributed by atoms with Gasteiger partial charge in [-0.2, -0.15) is 0 Å². The van der Waals surface area contributed by atoms with Gasteiger partial charge in [0.2, 0.25) is 0 Å². The third kappa shape index (κ3) is 2.71. The first kappa shape index (κ1) is 11.4. The van der Waals surface area contributed by atoms with Crippen LogP contribution in [0.25, 0.3) is 0 Å². The maximum absolute atomic E-state index is 9.54. The number of hydrogen-bond donors (Lipinski definition) is 2. The monoisotopic (exact) mass is 213 g/mol. The molecule has 2 N–H and O–H groups in total. The third-order valence-electron chi connectivity index (χ3n) is 4.12. The molecular formula is C12H23NO2. The average molecular weight is 213 g/mol. The number of rotatable bonds is 2. The summed E-state index contributed by atoms with van der Waals surface area (Å²) in [5.41, 5.74) is 0. The van der Waals surface area contributed by atoms with Gasteiger partial charge in [0.25, 0.3) is 0 Å². The van der Waals surface area contributed by atoms with Crippen LogP contribution in [0.5, 0.6) is 0 Å². The fourth-order valence-electron chi connectivity index (χ4n) is 2.96. The molecule has 1 aliphatic carbocycles. The van der Waals surface area contributed by atoms with Crippen molar-refractivity contribution in [3.05, 3.63) is 0 Å². The Morgan fingerprint density at radius 3 is 2.33 bits per heavy atom. The van der Waals surface area contributed by atoms with E-state index in [4.69, 9.17) is 0 Å². The summed E-state index contributed by atoms with van der Waals surface area (Å²) in [6.45, 7) is 4.09. The highest BCUT2D eigenvalue weighted by Crippen LogP contribution is 2.28. The van der Waals surface area contributed by atoms with Gasteiger partial charge < -0.3 is 10.2 Å².